The van der Waals surface area contributed by atoms with E-state index in [1.165, 1.54) is 0 Å². The molecule has 204 valence electrons. The summed E-state index contributed by atoms with van der Waals surface area (Å²) in [4.78, 5) is 59.8. The number of carbonyl (C=O) groups is 3. The first-order valence-corrected chi connectivity index (χ1v) is 12.2. The third kappa shape index (κ3) is 7.99. The van der Waals surface area contributed by atoms with Crippen molar-refractivity contribution in [2.45, 2.75) is 26.3 Å². The monoisotopic (exact) mass is 541 g/mol. The molecule has 1 aromatic heterocycles. The number of anilines is 4. The number of nitrogens with one attached hydrogen (secondary N) is 4. The second kappa shape index (κ2) is 12.3. The molecule has 0 aliphatic carbocycles. The van der Waals surface area contributed by atoms with Gasteiger partial charge in [-0.2, -0.15) is 25.9 Å². The molecule has 40 heavy (non-hydrogen) atoms. The normalized spacial score (nSPS) is 10.7. The Morgan fingerprint density at radius 3 is 1.50 bits per heavy atom. The van der Waals surface area contributed by atoms with E-state index < -0.39 is 11.9 Å². The minimum absolute atomic E-state index is 0.0263. The summed E-state index contributed by atoms with van der Waals surface area (Å²) >= 11 is 0. The van der Waals surface area contributed by atoms with E-state index in [-0.39, 0.29) is 29.3 Å². The van der Waals surface area contributed by atoms with Gasteiger partial charge in [0.1, 0.15) is 0 Å². The van der Waals surface area contributed by atoms with Crippen LogP contribution < -0.4 is 21.6 Å². The van der Waals surface area contributed by atoms with Crippen molar-refractivity contribution in [1.82, 2.24) is 20.3 Å². The van der Waals surface area contributed by atoms with Crippen molar-refractivity contribution in [2.75, 3.05) is 16.3 Å². The summed E-state index contributed by atoms with van der Waals surface area (Å²) in [7, 11) is 0. The van der Waals surface area contributed by atoms with E-state index in [2.05, 4.69) is 36.5 Å². The number of nitrogens with zero attached hydrogens (tertiary/aromatic N) is 3. The van der Waals surface area contributed by atoms with Crippen molar-refractivity contribution in [2.24, 2.45) is 0 Å². The van der Waals surface area contributed by atoms with Crippen LogP contribution in [0.3, 0.4) is 0 Å². The zero-order valence-corrected chi connectivity index (χ0v) is 22.0. The molecule has 4 aromatic rings. The first kappa shape index (κ1) is 27.5. The third-order valence-corrected chi connectivity index (χ3v) is 5.02. The molecule has 4 N–H and O–H groups in total. The smallest absolute Gasteiger partial charge is 0.347 e. The van der Waals surface area contributed by atoms with Crippen LogP contribution in [0.4, 0.5) is 23.5 Å². The molecule has 0 spiro atoms. The number of amides is 1. The first-order chi connectivity index (χ1) is 19.2. The average molecular weight is 542 g/mol. The van der Waals surface area contributed by atoms with Gasteiger partial charge in [0, 0.05) is 16.8 Å². The summed E-state index contributed by atoms with van der Waals surface area (Å²) in [5.74, 6) is -1.81. The van der Waals surface area contributed by atoms with Crippen molar-refractivity contribution in [3.8, 4) is 0 Å². The number of hydrogen-bond donors (Lipinski definition) is 4. The van der Waals surface area contributed by atoms with Crippen molar-refractivity contribution in [3.63, 3.8) is 0 Å². The molecular formula is C28H27N7O5. The second-order valence-electron chi connectivity index (χ2n) is 9.43. The lowest BCUT2D eigenvalue weighted by Gasteiger charge is -2.20. The fourth-order valence-electron chi connectivity index (χ4n) is 3.22. The van der Waals surface area contributed by atoms with E-state index >= 15 is 0 Å². The summed E-state index contributed by atoms with van der Waals surface area (Å²) in [6.07, 6.45) is 0. The van der Waals surface area contributed by atoms with Crippen molar-refractivity contribution >= 4 is 41.4 Å². The first-order valence-electron chi connectivity index (χ1n) is 12.2. The quantitative estimate of drug-likeness (QED) is 0.221. The molecule has 0 saturated heterocycles. The summed E-state index contributed by atoms with van der Waals surface area (Å²) in [5.41, 5.74) is 6.06. The molecule has 0 atom stereocenters. The molecule has 0 unspecified atom stereocenters. The molecule has 0 radical (unpaired) electrons. The fraction of sp³-hybridized carbons (Fsp3) is 0.143. The van der Waals surface area contributed by atoms with Gasteiger partial charge in [0.15, 0.2) is 0 Å². The van der Waals surface area contributed by atoms with E-state index in [1.54, 1.807) is 84.9 Å². The Hall–Kier alpha value is -5.52. The average Bonchev–Trinajstić information content (AvgIpc) is 2.95. The highest BCUT2D eigenvalue weighted by atomic mass is 16.7. The maximum atomic E-state index is 12.4. The minimum atomic E-state index is -0.662. The standard InChI is InChI=1S/C28H27N7O5/c1-28(2,3)33-22(36)18-14-16-21(17-15-18)29-25-30-26(34-39-23(37)19-10-6-4-7-11-19)32-27(31-25)35-40-24(38)20-12-8-5-9-13-20/h4-17H,1-3H3,(H,33,36)(H3,29,30,31,32,34,35). The summed E-state index contributed by atoms with van der Waals surface area (Å²) < 4.78 is 0. The molecule has 0 bridgehead atoms. The summed E-state index contributed by atoms with van der Waals surface area (Å²) in [6.45, 7) is 5.69. The Labute approximate surface area is 230 Å². The Balaban J connectivity index is 1.50. The van der Waals surface area contributed by atoms with Gasteiger partial charge in [0.25, 0.3) is 17.8 Å². The van der Waals surface area contributed by atoms with Crippen LogP contribution in [0.25, 0.3) is 0 Å². The topological polar surface area (TPSA) is 156 Å². The van der Waals surface area contributed by atoms with Crippen LogP contribution in [0, 0.1) is 0 Å². The zero-order chi connectivity index (χ0) is 28.5. The summed E-state index contributed by atoms with van der Waals surface area (Å²) in [6, 6.07) is 23.3. The van der Waals surface area contributed by atoms with Gasteiger partial charge in [-0.1, -0.05) is 36.4 Å². The molecule has 3 aromatic carbocycles. The van der Waals surface area contributed by atoms with Crippen LogP contribution in [-0.2, 0) is 9.68 Å². The lowest BCUT2D eigenvalue weighted by atomic mass is 10.1. The van der Waals surface area contributed by atoms with Crippen molar-refractivity contribution in [3.05, 3.63) is 102 Å². The predicted molar refractivity (Wildman–Crippen MR) is 148 cm³/mol. The third-order valence-electron chi connectivity index (χ3n) is 5.02. The van der Waals surface area contributed by atoms with Crippen LogP contribution in [0.2, 0.25) is 0 Å². The molecule has 0 aliphatic rings. The number of hydrogen-bond acceptors (Lipinski definition) is 11. The molecule has 4 rings (SSSR count). The Morgan fingerprint density at radius 1 is 0.600 bits per heavy atom. The van der Waals surface area contributed by atoms with E-state index in [0.717, 1.165) is 0 Å². The van der Waals surface area contributed by atoms with Gasteiger partial charge in [-0.3, -0.25) is 4.79 Å². The van der Waals surface area contributed by atoms with E-state index in [1.807, 2.05) is 20.8 Å². The molecule has 12 nitrogen and oxygen atoms in total. The highest BCUT2D eigenvalue weighted by Gasteiger charge is 2.16. The highest BCUT2D eigenvalue weighted by Crippen LogP contribution is 2.18. The molecule has 0 saturated carbocycles. The van der Waals surface area contributed by atoms with Crippen molar-refractivity contribution < 1.29 is 24.1 Å². The van der Waals surface area contributed by atoms with E-state index in [4.69, 9.17) is 9.68 Å². The molecule has 0 aliphatic heterocycles. The molecule has 12 heteroatoms. The minimum Gasteiger partial charge on any atom is -0.347 e. The van der Waals surface area contributed by atoms with Gasteiger partial charge >= 0.3 is 11.9 Å². The number of aromatic nitrogens is 3. The van der Waals surface area contributed by atoms with Gasteiger partial charge < -0.3 is 20.3 Å². The zero-order valence-electron chi connectivity index (χ0n) is 22.0. The fourth-order valence-corrected chi connectivity index (χ4v) is 3.22. The number of rotatable bonds is 9. The van der Waals surface area contributed by atoms with Gasteiger partial charge in [-0.05, 0) is 69.3 Å². The lowest BCUT2D eigenvalue weighted by Crippen LogP contribution is -2.40. The van der Waals surface area contributed by atoms with E-state index in [0.29, 0.717) is 22.4 Å². The van der Waals surface area contributed by atoms with Crippen LogP contribution in [0.15, 0.2) is 84.9 Å². The van der Waals surface area contributed by atoms with Crippen LogP contribution in [0.5, 0.6) is 0 Å². The molecular weight excluding hydrogens is 514 g/mol. The maximum Gasteiger partial charge on any atom is 0.362 e. The van der Waals surface area contributed by atoms with E-state index in [9.17, 15) is 14.4 Å². The van der Waals surface area contributed by atoms with Gasteiger partial charge in [0.2, 0.25) is 5.95 Å². The van der Waals surface area contributed by atoms with Crippen LogP contribution in [-0.4, -0.2) is 38.3 Å². The lowest BCUT2D eigenvalue weighted by molar-refractivity contribution is 0.0588. The molecule has 0 fully saturated rings. The summed E-state index contributed by atoms with van der Waals surface area (Å²) in [5, 5.41) is 5.88. The molecule has 1 heterocycles. The second-order valence-corrected chi connectivity index (χ2v) is 9.43. The highest BCUT2D eigenvalue weighted by molar-refractivity contribution is 5.95. The van der Waals surface area contributed by atoms with Gasteiger partial charge in [-0.15, -0.1) is 0 Å². The van der Waals surface area contributed by atoms with Crippen molar-refractivity contribution in [1.29, 1.82) is 0 Å². The Kier molecular flexibility index (Phi) is 8.49. The maximum absolute atomic E-state index is 12.4. The Morgan fingerprint density at radius 2 is 1.05 bits per heavy atom. The van der Waals surface area contributed by atoms with Gasteiger partial charge in [0.05, 0.1) is 11.1 Å². The number of carbonyl (C=O) groups excluding carboxylic acids is 3. The Bertz CT molecular complexity index is 1400. The van der Waals surface area contributed by atoms with Gasteiger partial charge in [-0.25, -0.2) is 9.59 Å². The van der Waals surface area contributed by atoms with Crippen LogP contribution in [0.1, 0.15) is 51.8 Å². The number of benzene rings is 3. The largest absolute Gasteiger partial charge is 0.362 e. The SMILES string of the molecule is CC(C)(C)NC(=O)c1ccc(Nc2nc(NOC(=O)c3ccccc3)nc(NOC(=O)c3ccccc3)n2)cc1. The van der Waals surface area contributed by atoms with Crippen LogP contribution >= 0.6 is 0 Å². The predicted octanol–water partition coefficient (Wildman–Crippen LogP) is 4.51. The molecule has 1 amide bonds.